The van der Waals surface area contributed by atoms with E-state index in [4.69, 9.17) is 4.42 Å². The molecule has 0 saturated heterocycles. The average molecular weight is 390 g/mol. The molecule has 1 N–H and O–H groups in total. The molecule has 9 heteroatoms. The van der Waals surface area contributed by atoms with Gasteiger partial charge >= 0.3 is 6.18 Å². The molecule has 146 valence electrons. The maximum absolute atomic E-state index is 12.8. The van der Waals surface area contributed by atoms with Gasteiger partial charge in [0.15, 0.2) is 0 Å². The predicted octanol–water partition coefficient (Wildman–Crippen LogP) is 3.31. The lowest BCUT2D eigenvalue weighted by Gasteiger charge is -2.27. The van der Waals surface area contributed by atoms with E-state index in [9.17, 15) is 18.0 Å². The monoisotopic (exact) mass is 390 g/mol. The van der Waals surface area contributed by atoms with Gasteiger partial charge in [-0.1, -0.05) is 18.2 Å². The summed E-state index contributed by atoms with van der Waals surface area (Å²) in [5, 5.41) is 0. The fourth-order valence-corrected chi connectivity index (χ4v) is 3.24. The second-order valence-electron chi connectivity index (χ2n) is 6.69. The third-order valence-corrected chi connectivity index (χ3v) is 4.70. The first-order chi connectivity index (χ1) is 13.3. The maximum Gasteiger partial charge on any atom is 0.449 e. The fraction of sp³-hybridized carbons (Fsp3) is 0.316. The minimum atomic E-state index is -4.67. The van der Waals surface area contributed by atoms with E-state index in [1.165, 1.54) is 0 Å². The highest BCUT2D eigenvalue weighted by Gasteiger charge is 2.36. The molecule has 0 aliphatic carbocycles. The van der Waals surface area contributed by atoms with Gasteiger partial charge in [0.2, 0.25) is 11.7 Å². The maximum atomic E-state index is 12.8. The van der Waals surface area contributed by atoms with Gasteiger partial charge in [0.1, 0.15) is 5.76 Å². The lowest BCUT2D eigenvalue weighted by molar-refractivity contribution is -0.145. The third kappa shape index (κ3) is 3.57. The zero-order valence-corrected chi connectivity index (χ0v) is 15.0. The molecule has 0 fully saturated rings. The molecule has 1 aliphatic heterocycles. The number of H-pyrrole nitrogens is 1. The number of oxazole rings is 1. The molecule has 0 radical (unpaired) electrons. The van der Waals surface area contributed by atoms with Crippen molar-refractivity contribution in [3.8, 4) is 11.5 Å². The van der Waals surface area contributed by atoms with Gasteiger partial charge in [-0.05, 0) is 19.1 Å². The lowest BCUT2D eigenvalue weighted by Crippen LogP contribution is -2.36. The second-order valence-corrected chi connectivity index (χ2v) is 6.69. The van der Waals surface area contributed by atoms with E-state index in [2.05, 4.69) is 9.97 Å². The van der Waals surface area contributed by atoms with Crippen molar-refractivity contribution in [2.24, 2.45) is 0 Å². The molecule has 3 heterocycles. The number of halogens is 3. The van der Waals surface area contributed by atoms with Crippen LogP contribution in [0.4, 0.5) is 13.2 Å². The Balaban J connectivity index is 1.55. The summed E-state index contributed by atoms with van der Waals surface area (Å²) < 4.78 is 44.2. The zero-order chi connectivity index (χ0) is 19.9. The van der Waals surface area contributed by atoms with E-state index in [1.54, 1.807) is 0 Å². The molecule has 0 saturated carbocycles. The van der Waals surface area contributed by atoms with Crippen molar-refractivity contribution < 1.29 is 17.6 Å². The number of hydrogen-bond acceptors (Lipinski definition) is 5. The Morgan fingerprint density at radius 2 is 1.96 bits per heavy atom. The Labute approximate surface area is 158 Å². The van der Waals surface area contributed by atoms with Crippen LogP contribution in [0.5, 0.6) is 0 Å². The lowest BCUT2D eigenvalue weighted by atomic mass is 10.1. The summed E-state index contributed by atoms with van der Waals surface area (Å²) in [6.07, 6.45) is -4.40. The van der Waals surface area contributed by atoms with Gasteiger partial charge in [-0.3, -0.25) is 9.69 Å². The number of hydrogen-bond donors (Lipinski definition) is 1. The number of benzene rings is 1. The summed E-state index contributed by atoms with van der Waals surface area (Å²) in [6, 6.07) is 9.49. The van der Waals surface area contributed by atoms with E-state index in [-0.39, 0.29) is 24.2 Å². The first kappa shape index (κ1) is 18.4. The van der Waals surface area contributed by atoms with Crippen molar-refractivity contribution in [3.05, 3.63) is 69.2 Å². The highest BCUT2D eigenvalue weighted by Crippen LogP contribution is 2.27. The third-order valence-electron chi connectivity index (χ3n) is 4.70. The van der Waals surface area contributed by atoms with Crippen molar-refractivity contribution in [1.29, 1.82) is 0 Å². The van der Waals surface area contributed by atoms with Crippen molar-refractivity contribution in [2.45, 2.75) is 32.6 Å². The molecule has 4 rings (SSSR count). The van der Waals surface area contributed by atoms with E-state index < -0.39 is 17.6 Å². The highest BCUT2D eigenvalue weighted by atomic mass is 19.4. The van der Waals surface area contributed by atoms with Crippen LogP contribution in [-0.2, 0) is 25.7 Å². The van der Waals surface area contributed by atoms with Gasteiger partial charge in [-0.15, -0.1) is 0 Å². The number of rotatable bonds is 3. The Bertz CT molecular complexity index is 1060. The number of aromatic nitrogens is 3. The summed E-state index contributed by atoms with van der Waals surface area (Å²) >= 11 is 0. The van der Waals surface area contributed by atoms with Gasteiger partial charge in [0, 0.05) is 31.6 Å². The Kier molecular flexibility index (Phi) is 4.54. The van der Waals surface area contributed by atoms with Crippen LogP contribution in [0.15, 0.2) is 39.5 Å². The Morgan fingerprint density at radius 3 is 2.68 bits per heavy atom. The number of nitrogens with one attached hydrogen (secondary N) is 1. The van der Waals surface area contributed by atoms with E-state index >= 15 is 0 Å². The molecule has 1 aliphatic rings. The zero-order valence-electron chi connectivity index (χ0n) is 15.0. The molecule has 6 nitrogen and oxygen atoms in total. The molecule has 3 aromatic rings. The first-order valence-corrected chi connectivity index (χ1v) is 8.74. The van der Waals surface area contributed by atoms with Crippen molar-refractivity contribution >= 4 is 0 Å². The summed E-state index contributed by atoms with van der Waals surface area (Å²) in [5.74, 6) is -0.0616. The molecule has 0 unspecified atom stereocenters. The fourth-order valence-electron chi connectivity index (χ4n) is 3.24. The minimum absolute atomic E-state index is 0.203. The normalized spacial score (nSPS) is 14.9. The van der Waals surface area contributed by atoms with Gasteiger partial charge < -0.3 is 9.40 Å². The van der Waals surface area contributed by atoms with Crippen LogP contribution in [0, 0.1) is 6.92 Å². The number of aryl methyl sites for hydroxylation is 1. The smallest absolute Gasteiger partial charge is 0.441 e. The van der Waals surface area contributed by atoms with Gasteiger partial charge in [-0.2, -0.15) is 13.2 Å². The summed E-state index contributed by atoms with van der Waals surface area (Å²) in [6.45, 7) is 2.94. The average Bonchev–Trinajstić information content (AvgIpc) is 3.02. The quantitative estimate of drug-likeness (QED) is 0.743. The molecular weight excluding hydrogens is 373 g/mol. The van der Waals surface area contributed by atoms with Crippen LogP contribution in [0.25, 0.3) is 11.5 Å². The summed E-state index contributed by atoms with van der Waals surface area (Å²) in [5.41, 5.74) is 1.32. The SMILES string of the molecule is Cc1oc(-c2ccccc2)nc1CN1CCc2nc(C(F)(F)F)[nH]c(=O)c2C1. The van der Waals surface area contributed by atoms with Gasteiger partial charge in [-0.25, -0.2) is 9.97 Å². The molecule has 0 atom stereocenters. The van der Waals surface area contributed by atoms with E-state index in [1.807, 2.05) is 47.1 Å². The number of aromatic amines is 1. The summed E-state index contributed by atoms with van der Waals surface area (Å²) in [7, 11) is 0. The molecule has 28 heavy (non-hydrogen) atoms. The predicted molar refractivity (Wildman–Crippen MR) is 94.4 cm³/mol. The van der Waals surface area contributed by atoms with Crippen LogP contribution >= 0.6 is 0 Å². The van der Waals surface area contributed by atoms with Crippen molar-refractivity contribution in [1.82, 2.24) is 19.9 Å². The van der Waals surface area contributed by atoms with Crippen LogP contribution in [0.3, 0.4) is 0 Å². The highest BCUT2D eigenvalue weighted by molar-refractivity contribution is 5.53. The van der Waals surface area contributed by atoms with Crippen LogP contribution in [-0.4, -0.2) is 26.4 Å². The van der Waals surface area contributed by atoms with Crippen LogP contribution < -0.4 is 5.56 Å². The second kappa shape index (κ2) is 6.90. The molecule has 0 bridgehead atoms. The number of fused-ring (bicyclic) bond motifs is 1. The standard InChI is InChI=1S/C19H17F3N4O2/c1-11-15(23-17(28-11)12-5-3-2-4-6-12)10-26-8-7-14-13(9-26)16(27)25-18(24-14)19(20,21)22/h2-6H,7-10H2,1H3,(H,24,25,27). The topological polar surface area (TPSA) is 75.0 Å². The molecule has 2 aromatic heterocycles. The molecular formula is C19H17F3N4O2. The van der Waals surface area contributed by atoms with Crippen molar-refractivity contribution in [2.75, 3.05) is 6.54 Å². The molecule has 1 aromatic carbocycles. The van der Waals surface area contributed by atoms with Crippen LogP contribution in [0.2, 0.25) is 0 Å². The number of alkyl halides is 3. The summed E-state index contributed by atoms with van der Waals surface area (Å²) in [4.78, 5) is 24.1. The van der Waals surface area contributed by atoms with E-state index in [0.717, 1.165) is 11.3 Å². The van der Waals surface area contributed by atoms with E-state index in [0.29, 0.717) is 24.7 Å². The Morgan fingerprint density at radius 1 is 1.21 bits per heavy atom. The van der Waals surface area contributed by atoms with Crippen LogP contribution in [0.1, 0.15) is 28.5 Å². The van der Waals surface area contributed by atoms with Gasteiger partial charge in [0.05, 0.1) is 17.0 Å². The first-order valence-electron chi connectivity index (χ1n) is 8.74. The number of nitrogens with zero attached hydrogens (tertiary/aromatic N) is 3. The molecule has 0 spiro atoms. The molecule has 0 amide bonds. The Hall–Kier alpha value is -2.94. The van der Waals surface area contributed by atoms with Crippen molar-refractivity contribution in [3.63, 3.8) is 0 Å². The minimum Gasteiger partial charge on any atom is -0.441 e. The van der Waals surface area contributed by atoms with Gasteiger partial charge in [0.25, 0.3) is 5.56 Å². The largest absolute Gasteiger partial charge is 0.449 e.